The lowest BCUT2D eigenvalue weighted by molar-refractivity contribution is -0.250. The van der Waals surface area contributed by atoms with Crippen LogP contribution >= 0.6 is 0 Å². The van der Waals surface area contributed by atoms with E-state index in [0.717, 1.165) is 0 Å². The molecule has 1 aliphatic heterocycles. The summed E-state index contributed by atoms with van der Waals surface area (Å²) < 4.78 is 11.9. The van der Waals surface area contributed by atoms with Crippen LogP contribution in [0, 0.1) is 5.41 Å². The molecular weight excluding hydrogens is 286 g/mol. The molecule has 5 unspecified atom stereocenters. The zero-order chi connectivity index (χ0) is 17.3. The van der Waals surface area contributed by atoms with Gasteiger partial charge in [-0.05, 0) is 26.2 Å². The lowest BCUT2D eigenvalue weighted by atomic mass is 9.78. The number of rotatable bonds is 3. The van der Waals surface area contributed by atoms with Gasteiger partial charge in [0, 0.05) is 6.92 Å². The highest BCUT2D eigenvalue weighted by molar-refractivity contribution is 5.73. The summed E-state index contributed by atoms with van der Waals surface area (Å²) in [5, 5.41) is 23.1. The summed E-state index contributed by atoms with van der Waals surface area (Å²) in [6.45, 7) is 12.7. The van der Waals surface area contributed by atoms with Gasteiger partial charge in [-0.2, -0.15) is 0 Å². The average Bonchev–Trinajstić information content (AvgIpc) is 2.31. The molecule has 0 bridgehead atoms. The van der Waals surface area contributed by atoms with E-state index in [4.69, 9.17) is 9.47 Å². The van der Waals surface area contributed by atoms with E-state index < -0.39 is 36.1 Å². The highest BCUT2D eigenvalue weighted by atomic mass is 16.6. The van der Waals surface area contributed by atoms with Crippen LogP contribution in [0.4, 0.5) is 0 Å². The van der Waals surface area contributed by atoms with E-state index in [9.17, 15) is 15.0 Å². The number of aliphatic hydroxyl groups is 2. The maximum atomic E-state index is 11.5. The SMILES string of the molecule is CC(=O)NC1C(O)C(OC(C)(C)C)C(CO)OC1C(C)(C)C. The van der Waals surface area contributed by atoms with E-state index in [2.05, 4.69) is 5.32 Å². The first kappa shape index (κ1) is 19.4. The van der Waals surface area contributed by atoms with Crippen LogP contribution < -0.4 is 5.32 Å². The molecule has 1 aliphatic rings. The first-order chi connectivity index (χ1) is 9.86. The van der Waals surface area contributed by atoms with Gasteiger partial charge < -0.3 is 25.0 Å². The zero-order valence-corrected chi connectivity index (χ0v) is 14.7. The maximum Gasteiger partial charge on any atom is 0.217 e. The largest absolute Gasteiger partial charge is 0.394 e. The number of aliphatic hydroxyl groups excluding tert-OH is 2. The van der Waals surface area contributed by atoms with E-state index >= 15 is 0 Å². The predicted octanol–water partition coefficient (Wildman–Crippen LogP) is 0.841. The fourth-order valence-electron chi connectivity index (χ4n) is 2.79. The Morgan fingerprint density at radius 3 is 2.14 bits per heavy atom. The van der Waals surface area contributed by atoms with Crippen molar-refractivity contribution >= 4 is 5.91 Å². The Labute approximate surface area is 133 Å². The molecule has 0 spiro atoms. The fraction of sp³-hybridized carbons (Fsp3) is 0.938. The van der Waals surface area contributed by atoms with Crippen LogP contribution in [-0.2, 0) is 14.3 Å². The smallest absolute Gasteiger partial charge is 0.217 e. The summed E-state index contributed by atoms with van der Waals surface area (Å²) in [7, 11) is 0. The lowest BCUT2D eigenvalue weighted by Gasteiger charge is -2.50. The van der Waals surface area contributed by atoms with Gasteiger partial charge >= 0.3 is 0 Å². The van der Waals surface area contributed by atoms with Crippen LogP contribution in [0.15, 0.2) is 0 Å². The lowest BCUT2D eigenvalue weighted by Crippen LogP contribution is -2.67. The van der Waals surface area contributed by atoms with Crippen molar-refractivity contribution in [3.05, 3.63) is 0 Å². The molecule has 0 radical (unpaired) electrons. The van der Waals surface area contributed by atoms with Crippen LogP contribution in [0.1, 0.15) is 48.5 Å². The second-order valence-electron chi connectivity index (χ2n) is 8.06. The van der Waals surface area contributed by atoms with Crippen molar-refractivity contribution in [2.45, 2.75) is 84.5 Å². The quantitative estimate of drug-likeness (QED) is 0.718. The number of carbonyl (C=O) groups excluding carboxylic acids is 1. The third kappa shape index (κ3) is 4.91. The van der Waals surface area contributed by atoms with Gasteiger partial charge in [-0.25, -0.2) is 0 Å². The van der Waals surface area contributed by atoms with Crippen LogP contribution in [0.3, 0.4) is 0 Å². The van der Waals surface area contributed by atoms with E-state index in [1.807, 2.05) is 41.5 Å². The molecule has 22 heavy (non-hydrogen) atoms. The number of hydrogen-bond donors (Lipinski definition) is 3. The van der Waals surface area contributed by atoms with Crippen molar-refractivity contribution in [2.24, 2.45) is 5.41 Å². The first-order valence-corrected chi connectivity index (χ1v) is 7.76. The minimum absolute atomic E-state index is 0.237. The number of ether oxygens (including phenoxy) is 2. The van der Waals surface area contributed by atoms with Gasteiger partial charge in [0.25, 0.3) is 0 Å². The monoisotopic (exact) mass is 317 g/mol. The summed E-state index contributed by atoms with van der Waals surface area (Å²) in [5.41, 5.74) is -0.814. The average molecular weight is 317 g/mol. The molecule has 1 amide bonds. The number of nitrogens with one attached hydrogen (secondary N) is 1. The summed E-state index contributed by atoms with van der Waals surface area (Å²) in [4.78, 5) is 11.5. The van der Waals surface area contributed by atoms with E-state index in [0.29, 0.717) is 0 Å². The van der Waals surface area contributed by atoms with E-state index in [-0.39, 0.29) is 17.9 Å². The van der Waals surface area contributed by atoms with Crippen LogP contribution in [0.25, 0.3) is 0 Å². The van der Waals surface area contributed by atoms with E-state index in [1.165, 1.54) is 6.92 Å². The van der Waals surface area contributed by atoms with Crippen LogP contribution in [0.5, 0.6) is 0 Å². The summed E-state index contributed by atoms with van der Waals surface area (Å²) in [6.07, 6.45) is -2.73. The minimum Gasteiger partial charge on any atom is -0.394 e. The van der Waals surface area contributed by atoms with Crippen molar-refractivity contribution in [1.82, 2.24) is 5.32 Å². The topological polar surface area (TPSA) is 88.0 Å². The first-order valence-electron chi connectivity index (χ1n) is 7.76. The molecule has 0 aliphatic carbocycles. The highest BCUT2D eigenvalue weighted by Crippen LogP contribution is 2.35. The molecule has 1 saturated heterocycles. The molecule has 1 heterocycles. The van der Waals surface area contributed by atoms with Crippen LogP contribution in [-0.4, -0.2) is 58.8 Å². The molecule has 0 saturated carbocycles. The Hall–Kier alpha value is -0.690. The standard InChI is InChI=1S/C16H31NO5/c1-9(19)17-11-12(20)13(22-16(5,6)7)10(8-18)21-14(11)15(2,3)4/h10-14,18,20H,8H2,1-7H3,(H,17,19). The molecule has 0 aromatic heterocycles. The van der Waals surface area contributed by atoms with Gasteiger partial charge in [0.05, 0.1) is 24.4 Å². The third-order valence-electron chi connectivity index (χ3n) is 3.61. The summed E-state index contributed by atoms with van der Waals surface area (Å²) in [5.74, 6) is -0.237. The maximum absolute atomic E-state index is 11.5. The highest BCUT2D eigenvalue weighted by Gasteiger charge is 2.50. The number of carbonyl (C=O) groups is 1. The Morgan fingerprint density at radius 1 is 1.23 bits per heavy atom. The fourth-order valence-corrected chi connectivity index (χ4v) is 2.79. The van der Waals surface area contributed by atoms with Gasteiger partial charge in [0.2, 0.25) is 5.91 Å². The molecule has 1 rings (SSSR count). The van der Waals surface area contributed by atoms with Crippen LogP contribution in [0.2, 0.25) is 0 Å². The Morgan fingerprint density at radius 2 is 1.77 bits per heavy atom. The Balaban J connectivity index is 3.11. The van der Waals surface area contributed by atoms with E-state index in [1.54, 1.807) is 0 Å². The summed E-state index contributed by atoms with van der Waals surface area (Å²) >= 11 is 0. The van der Waals surface area contributed by atoms with Crippen molar-refractivity contribution in [2.75, 3.05) is 6.61 Å². The molecule has 130 valence electrons. The molecule has 0 aromatic carbocycles. The second kappa shape index (κ2) is 6.83. The third-order valence-corrected chi connectivity index (χ3v) is 3.61. The molecule has 5 atom stereocenters. The Kier molecular flexibility index (Phi) is 6.01. The van der Waals surface area contributed by atoms with Crippen molar-refractivity contribution in [3.8, 4) is 0 Å². The van der Waals surface area contributed by atoms with Gasteiger partial charge in [-0.3, -0.25) is 4.79 Å². The minimum atomic E-state index is -0.960. The normalized spacial score (nSPS) is 33.6. The van der Waals surface area contributed by atoms with Gasteiger partial charge in [0.1, 0.15) is 18.3 Å². The zero-order valence-electron chi connectivity index (χ0n) is 14.7. The second-order valence-corrected chi connectivity index (χ2v) is 8.06. The van der Waals surface area contributed by atoms with Gasteiger partial charge in [-0.1, -0.05) is 20.8 Å². The predicted molar refractivity (Wildman–Crippen MR) is 83.4 cm³/mol. The molecule has 0 aromatic rings. The molecule has 3 N–H and O–H groups in total. The van der Waals surface area contributed by atoms with Crippen molar-refractivity contribution in [1.29, 1.82) is 0 Å². The molecule has 6 nitrogen and oxygen atoms in total. The Bertz CT molecular complexity index is 385. The molecule has 1 fully saturated rings. The number of amides is 1. The van der Waals surface area contributed by atoms with Crippen molar-refractivity contribution in [3.63, 3.8) is 0 Å². The van der Waals surface area contributed by atoms with Gasteiger partial charge in [0.15, 0.2) is 0 Å². The van der Waals surface area contributed by atoms with Crippen molar-refractivity contribution < 1.29 is 24.5 Å². The summed E-state index contributed by atoms with van der Waals surface area (Å²) in [6, 6.07) is -0.590. The molecule has 6 heteroatoms. The van der Waals surface area contributed by atoms with Gasteiger partial charge in [-0.15, -0.1) is 0 Å². The molecular formula is C16H31NO5. The number of hydrogen-bond acceptors (Lipinski definition) is 5.